The first kappa shape index (κ1) is 136. The second kappa shape index (κ2) is 64.1. The van der Waals surface area contributed by atoms with E-state index in [1.165, 1.54) is 120 Å². The first-order valence-corrected chi connectivity index (χ1v) is 51.1. The Bertz CT molecular complexity index is 2250. The molecule has 0 bridgehead atoms. The van der Waals surface area contributed by atoms with Crippen LogP contribution >= 0.6 is 43.9 Å². The van der Waals surface area contributed by atoms with Gasteiger partial charge in [0.1, 0.15) is 0 Å². The van der Waals surface area contributed by atoms with Crippen molar-refractivity contribution < 1.29 is 14.2 Å². The van der Waals surface area contributed by atoms with E-state index < -0.39 is 0 Å². The largest absolute Gasteiger partial charge is 0.381 e. The fourth-order valence-corrected chi connectivity index (χ4v) is 16.1. The van der Waals surface area contributed by atoms with Gasteiger partial charge in [-0.05, 0) is 252 Å². The highest BCUT2D eigenvalue weighted by Gasteiger charge is 2.19. The van der Waals surface area contributed by atoms with E-state index >= 15 is 0 Å². The molecule has 0 saturated carbocycles. The Labute approximate surface area is 771 Å². The number of thioether (sulfide) groups is 3. The Hall–Kier alpha value is -0.720. The second-order valence-electron chi connectivity index (χ2n) is 52.8. The molecule has 0 heterocycles. The lowest BCUT2D eigenvalue weighted by Crippen LogP contribution is -2.19. The third-order valence-electron chi connectivity index (χ3n) is 15.6. The molecule has 0 aliphatic carbocycles. The molecule has 0 aromatic carbocycles. The van der Waals surface area contributed by atoms with Gasteiger partial charge in [-0.2, -0.15) is 35.3 Å². The molecule has 0 aromatic heterocycles. The molecular formula is C112H227O3PS3. The zero-order valence-corrected chi connectivity index (χ0v) is 95.3. The predicted octanol–water partition coefficient (Wildman–Crippen LogP) is 39.7. The fourth-order valence-electron chi connectivity index (χ4n) is 11.8. The zero-order chi connectivity index (χ0) is 95.5. The molecule has 0 spiro atoms. The zero-order valence-electron chi connectivity index (χ0n) is 91.8. The number of hydrogen-bond donors (Lipinski definition) is 0. The number of ether oxygens (including phenoxy) is 3. The van der Waals surface area contributed by atoms with E-state index in [-0.39, 0.29) is 29.3 Å². The molecule has 1 unspecified atom stereocenters. The first-order valence-electron chi connectivity index (χ1n) is 46.6. The van der Waals surface area contributed by atoms with Gasteiger partial charge in [-0.25, -0.2) is 0 Å². The molecule has 0 aliphatic rings. The number of hydrogen-bond acceptors (Lipinski definition) is 6. The van der Waals surface area contributed by atoms with Crippen LogP contribution in [-0.2, 0) is 14.2 Å². The average molecular weight is 1750 g/mol. The highest BCUT2D eigenvalue weighted by molar-refractivity contribution is 8.00. The lowest BCUT2D eigenvalue weighted by atomic mass is 9.88. The molecular weight excluding hydrogens is 1520 g/mol. The topological polar surface area (TPSA) is 27.7 Å². The fraction of sp³-hybridized carbons (Fsp3) is 0.857. The van der Waals surface area contributed by atoms with Gasteiger partial charge in [-0.3, -0.25) is 0 Å². The minimum atomic E-state index is 0. The van der Waals surface area contributed by atoms with Crippen LogP contribution in [0.15, 0.2) is 93.2 Å². The van der Waals surface area contributed by atoms with E-state index in [9.17, 15) is 0 Å². The van der Waals surface area contributed by atoms with Crippen molar-refractivity contribution in [3.05, 3.63) is 93.2 Å². The van der Waals surface area contributed by atoms with E-state index in [0.717, 1.165) is 67.3 Å². The van der Waals surface area contributed by atoms with Gasteiger partial charge in [0, 0.05) is 23.7 Å². The van der Waals surface area contributed by atoms with Crippen molar-refractivity contribution in [3.8, 4) is 0 Å². The molecule has 1 atom stereocenters. The first-order chi connectivity index (χ1) is 51.8. The molecule has 0 aliphatic heterocycles. The van der Waals surface area contributed by atoms with Crippen LogP contribution in [0, 0.1) is 70.4 Å². The Kier molecular flexibility index (Phi) is 73.4. The summed E-state index contributed by atoms with van der Waals surface area (Å²) in [5, 5.41) is 0.493. The lowest BCUT2D eigenvalue weighted by molar-refractivity contribution is -0.00387. The maximum Gasteiger partial charge on any atom is 0.0674 e. The van der Waals surface area contributed by atoms with Crippen molar-refractivity contribution in [2.75, 3.05) is 68.0 Å². The van der Waals surface area contributed by atoms with Crippen molar-refractivity contribution in [2.24, 2.45) is 70.4 Å². The van der Waals surface area contributed by atoms with Gasteiger partial charge in [0.2, 0.25) is 0 Å². The van der Waals surface area contributed by atoms with Gasteiger partial charge in [0.15, 0.2) is 0 Å². The van der Waals surface area contributed by atoms with Crippen LogP contribution in [0.5, 0.6) is 0 Å². The summed E-state index contributed by atoms with van der Waals surface area (Å²) in [7, 11) is 1.04. The molecule has 0 rings (SSSR count). The van der Waals surface area contributed by atoms with Gasteiger partial charge in [0.05, 0.1) is 25.4 Å². The normalized spacial score (nSPS) is 14.5. The van der Waals surface area contributed by atoms with Crippen molar-refractivity contribution in [1.29, 1.82) is 0 Å². The molecule has 0 saturated heterocycles. The van der Waals surface area contributed by atoms with E-state index in [1.54, 1.807) is 11.1 Å². The molecule has 3 nitrogen and oxygen atoms in total. The standard InChI is InChI=1S/C15H30.3C14H28O.3C14H28S.C12H25P.CH4/c1-13(12-15(5,6)7)10-8-9-11-14(2,3)4;1-12(10-14(5,6)7)11-15-9-8-13(2,3)4;1-12(10-13(2,3)4)8-9-15-11-14(5,6)7;1-12(11-13(2,3)4)9-8-10-15-14(5,6)7;1-12(10-14(5,6)7)11-15-9-8-13(2,3)4;1-12(10-13(2,3)4)8-9-15-11-14(5,6)7;1-12(11-13(2,3)4)9-8-10-15-14(5,6)7;1-10(8-11(2,3)4)9-13-12(5,6)7;/h12H,8-11H2,1-7H3;2*10H,8-9,11H2,1-7H3;11H,8-10H2,1-7H3;2*10H,8-9,11H2,1-7H3;11H,8-10H2,1-7H3;8,13H,9H2,1-7H3;1H4/b13-12-;2*12-10-;12-11-;2*12-10-;12-11-;10-8-;. The van der Waals surface area contributed by atoms with Crippen molar-refractivity contribution in [3.63, 3.8) is 0 Å². The molecule has 0 aromatic rings. The third kappa shape index (κ3) is 152. The van der Waals surface area contributed by atoms with Gasteiger partial charge in [-0.15, -0.1) is 8.58 Å². The number of rotatable bonds is 30. The molecule has 716 valence electrons. The summed E-state index contributed by atoms with van der Waals surface area (Å²) in [6, 6.07) is 0. The highest BCUT2D eigenvalue weighted by Crippen LogP contribution is 2.35. The Morgan fingerprint density at radius 2 is 0.613 bits per heavy atom. The quantitative estimate of drug-likeness (QED) is 0.0404. The van der Waals surface area contributed by atoms with Gasteiger partial charge >= 0.3 is 0 Å². The van der Waals surface area contributed by atoms with Crippen LogP contribution in [0.4, 0.5) is 0 Å². The SMILES string of the molecule is C.C/C(=C/C(C)(C)C)CCCCC(C)(C)C.C/C(=C/C(C)(C)C)CCCOC(C)(C)C.C/C(=C/C(C)(C)C)CCCSC(C)(C)C.C/C(=C/C(C)(C)C)CCOCC(C)(C)C.C/C(=C/C(C)(C)C)CCSCC(C)(C)C.C/C(=C/C(C)(C)C)COCCC(C)(C)C.C/C(=C/C(C)(C)C)CPC(C)(C)C.C/C(=C/C(C)(C)C)CSCCC(C)(C)C. The smallest absolute Gasteiger partial charge is 0.0674 e. The van der Waals surface area contributed by atoms with E-state index in [2.05, 4.69) is 472 Å². The summed E-state index contributed by atoms with van der Waals surface area (Å²) in [5.74, 6) is 6.26. The molecule has 0 amide bonds. The van der Waals surface area contributed by atoms with Crippen molar-refractivity contribution in [1.82, 2.24) is 0 Å². The Balaban J connectivity index is -0.000000166. The average Bonchev–Trinajstić information content (AvgIpc) is 0.959. The van der Waals surface area contributed by atoms with Crippen LogP contribution in [0.3, 0.4) is 0 Å². The van der Waals surface area contributed by atoms with Gasteiger partial charge in [0.25, 0.3) is 0 Å². The number of unbranched alkanes of at least 4 members (excludes halogenated alkanes) is 1. The third-order valence-corrected chi connectivity index (χ3v) is 21.5. The van der Waals surface area contributed by atoms with Crippen LogP contribution in [0.1, 0.15) is 472 Å². The van der Waals surface area contributed by atoms with E-state index in [1.807, 2.05) is 0 Å². The van der Waals surface area contributed by atoms with Crippen LogP contribution < -0.4 is 0 Å². The molecule has 0 radical (unpaired) electrons. The molecule has 7 heteroatoms. The highest BCUT2D eigenvalue weighted by atomic mass is 32.2. The van der Waals surface area contributed by atoms with Crippen LogP contribution in [0.25, 0.3) is 0 Å². The molecule has 0 fully saturated rings. The van der Waals surface area contributed by atoms with E-state index in [0.29, 0.717) is 64.1 Å². The Morgan fingerprint density at radius 3 is 0.950 bits per heavy atom. The van der Waals surface area contributed by atoms with E-state index in [4.69, 9.17) is 14.2 Å². The summed E-state index contributed by atoms with van der Waals surface area (Å²) in [6.45, 7) is 130. The predicted molar refractivity (Wildman–Crippen MR) is 572 cm³/mol. The van der Waals surface area contributed by atoms with Crippen LogP contribution in [0.2, 0.25) is 0 Å². The van der Waals surface area contributed by atoms with Crippen LogP contribution in [-0.4, -0.2) is 83.5 Å². The van der Waals surface area contributed by atoms with Gasteiger partial charge in [-0.1, -0.05) is 419 Å². The molecule has 0 N–H and O–H groups in total. The van der Waals surface area contributed by atoms with Gasteiger partial charge < -0.3 is 14.2 Å². The summed E-state index contributed by atoms with van der Waals surface area (Å²) in [6.07, 6.45) is 35.1. The van der Waals surface area contributed by atoms with Crippen molar-refractivity contribution >= 4 is 43.9 Å². The molecule has 119 heavy (non-hydrogen) atoms. The summed E-state index contributed by atoms with van der Waals surface area (Å²) in [4.78, 5) is 0. The Morgan fingerprint density at radius 1 is 0.277 bits per heavy atom. The second-order valence-corrected chi connectivity index (χ2v) is 59.1. The minimum absolute atomic E-state index is 0. The summed E-state index contributed by atoms with van der Waals surface area (Å²) >= 11 is 6.20. The maximum absolute atomic E-state index is 5.68. The lowest BCUT2D eigenvalue weighted by Gasteiger charge is -2.20. The summed E-state index contributed by atoms with van der Waals surface area (Å²) in [5.41, 5.74) is 16.5. The summed E-state index contributed by atoms with van der Waals surface area (Å²) < 4.78 is 17.4. The minimum Gasteiger partial charge on any atom is -0.381 e. The maximum atomic E-state index is 5.68. The monoisotopic (exact) mass is 1750 g/mol. The number of allylic oxidation sites excluding steroid dienone is 13. The van der Waals surface area contributed by atoms with Crippen molar-refractivity contribution in [2.45, 2.75) is 488 Å².